The number of halogens is 1. The topological polar surface area (TPSA) is 63.3 Å². The number of rotatable bonds is 4. The summed E-state index contributed by atoms with van der Waals surface area (Å²) in [5.41, 5.74) is 6.94. The first kappa shape index (κ1) is 14.4. The van der Waals surface area contributed by atoms with Gasteiger partial charge in [-0.05, 0) is 31.4 Å². The van der Waals surface area contributed by atoms with E-state index in [1.54, 1.807) is 11.3 Å². The molecule has 1 fully saturated rings. The van der Waals surface area contributed by atoms with E-state index in [0.717, 1.165) is 20.5 Å². The number of guanidine groups is 1. The van der Waals surface area contributed by atoms with Crippen molar-refractivity contribution in [2.75, 3.05) is 0 Å². The summed E-state index contributed by atoms with van der Waals surface area (Å²) in [4.78, 5) is 9.89. The first-order valence-corrected chi connectivity index (χ1v) is 8.17. The van der Waals surface area contributed by atoms with E-state index in [1.165, 1.54) is 19.3 Å². The third-order valence-electron chi connectivity index (χ3n) is 3.51. The van der Waals surface area contributed by atoms with Gasteiger partial charge in [-0.15, -0.1) is 11.3 Å². The van der Waals surface area contributed by atoms with Crippen molar-refractivity contribution in [3.8, 4) is 10.6 Å². The van der Waals surface area contributed by atoms with Crippen molar-refractivity contribution < 1.29 is 0 Å². The third-order valence-corrected chi connectivity index (χ3v) is 4.79. The van der Waals surface area contributed by atoms with Gasteiger partial charge in [0.25, 0.3) is 0 Å². The highest BCUT2D eigenvalue weighted by Gasteiger charge is 2.17. The molecule has 6 heteroatoms. The molecule has 1 heterocycles. The molecule has 1 aromatic carbocycles. The molecule has 0 unspecified atom stereocenters. The van der Waals surface area contributed by atoms with Crippen LogP contribution < -0.4 is 11.1 Å². The van der Waals surface area contributed by atoms with Gasteiger partial charge in [0, 0.05) is 27.7 Å². The number of hydrogen-bond acceptors (Lipinski definition) is 3. The van der Waals surface area contributed by atoms with Crippen molar-refractivity contribution in [3.05, 3.63) is 40.4 Å². The predicted octanol–water partition coefficient (Wildman–Crippen LogP) is 3.42. The van der Waals surface area contributed by atoms with Crippen molar-refractivity contribution in [1.82, 2.24) is 10.3 Å². The van der Waals surface area contributed by atoms with E-state index in [-0.39, 0.29) is 0 Å². The Morgan fingerprint density at radius 2 is 2.14 bits per heavy atom. The van der Waals surface area contributed by atoms with Crippen molar-refractivity contribution in [2.24, 2.45) is 10.7 Å². The molecule has 1 aliphatic rings. The van der Waals surface area contributed by atoms with Gasteiger partial charge in [0.1, 0.15) is 5.01 Å². The molecule has 3 rings (SSSR count). The first-order valence-electron chi connectivity index (χ1n) is 6.98. The third kappa shape index (κ3) is 3.74. The van der Waals surface area contributed by atoms with Crippen LogP contribution in [0.2, 0.25) is 5.02 Å². The molecule has 1 saturated carbocycles. The van der Waals surface area contributed by atoms with E-state index in [1.807, 2.05) is 30.5 Å². The summed E-state index contributed by atoms with van der Waals surface area (Å²) in [6.45, 7) is 0.566. The quantitative estimate of drug-likeness (QED) is 0.670. The van der Waals surface area contributed by atoms with Gasteiger partial charge >= 0.3 is 0 Å². The van der Waals surface area contributed by atoms with Crippen LogP contribution in [0.15, 0.2) is 35.5 Å². The Hall–Kier alpha value is -1.59. The predicted molar refractivity (Wildman–Crippen MR) is 88.7 cm³/mol. The maximum Gasteiger partial charge on any atom is 0.189 e. The summed E-state index contributed by atoms with van der Waals surface area (Å²) < 4.78 is 0. The van der Waals surface area contributed by atoms with Crippen LogP contribution in [-0.4, -0.2) is 17.0 Å². The summed E-state index contributed by atoms with van der Waals surface area (Å²) in [6.07, 6.45) is 5.52. The van der Waals surface area contributed by atoms with Crippen molar-refractivity contribution in [1.29, 1.82) is 0 Å². The van der Waals surface area contributed by atoms with Crippen molar-refractivity contribution in [3.63, 3.8) is 0 Å². The zero-order valence-corrected chi connectivity index (χ0v) is 13.1. The molecule has 0 bridgehead atoms. The lowest BCUT2D eigenvalue weighted by atomic mass is 9.93. The molecule has 4 nitrogen and oxygen atoms in total. The maximum atomic E-state index is 5.89. The van der Waals surface area contributed by atoms with Crippen LogP contribution in [0.1, 0.15) is 24.1 Å². The molecule has 0 atom stereocenters. The zero-order chi connectivity index (χ0) is 14.7. The molecule has 3 N–H and O–H groups in total. The number of nitrogens with two attached hydrogens (primary N) is 1. The molecule has 110 valence electrons. The second kappa shape index (κ2) is 6.45. The molecular weight excluding hydrogens is 304 g/mol. The fourth-order valence-corrected chi connectivity index (χ4v) is 3.05. The van der Waals surface area contributed by atoms with Crippen LogP contribution in [0.4, 0.5) is 0 Å². The van der Waals surface area contributed by atoms with E-state index >= 15 is 0 Å². The summed E-state index contributed by atoms with van der Waals surface area (Å²) in [7, 11) is 0. The van der Waals surface area contributed by atoms with E-state index in [0.29, 0.717) is 18.5 Å². The minimum atomic E-state index is 0.514. The van der Waals surface area contributed by atoms with Gasteiger partial charge < -0.3 is 11.1 Å². The molecule has 0 radical (unpaired) electrons. The Balaban J connectivity index is 1.62. The van der Waals surface area contributed by atoms with E-state index in [2.05, 4.69) is 15.3 Å². The minimum absolute atomic E-state index is 0.514. The number of aliphatic imine (C=N–C) groups is 1. The number of thiazole rings is 1. The fraction of sp³-hybridized carbons (Fsp3) is 0.333. The molecule has 1 aliphatic carbocycles. The zero-order valence-electron chi connectivity index (χ0n) is 11.6. The summed E-state index contributed by atoms with van der Waals surface area (Å²) >= 11 is 7.52. The van der Waals surface area contributed by atoms with E-state index in [4.69, 9.17) is 17.3 Å². The molecule has 0 amide bonds. The number of nitrogens with zero attached hydrogens (tertiary/aromatic N) is 2. The fourth-order valence-electron chi connectivity index (χ4n) is 2.08. The lowest BCUT2D eigenvalue weighted by Gasteiger charge is -2.26. The van der Waals surface area contributed by atoms with Gasteiger partial charge in [-0.3, -0.25) is 0 Å². The lowest BCUT2D eigenvalue weighted by Crippen LogP contribution is -2.43. The average Bonchev–Trinajstić information content (AvgIpc) is 2.90. The molecule has 21 heavy (non-hydrogen) atoms. The number of aromatic nitrogens is 1. The molecule has 0 spiro atoms. The Kier molecular flexibility index (Phi) is 4.41. The van der Waals surface area contributed by atoms with Crippen LogP contribution in [0.5, 0.6) is 0 Å². The minimum Gasteiger partial charge on any atom is -0.370 e. The van der Waals surface area contributed by atoms with Gasteiger partial charge in [0.05, 0.1) is 6.54 Å². The Morgan fingerprint density at radius 1 is 1.38 bits per heavy atom. The van der Waals surface area contributed by atoms with E-state index < -0.39 is 0 Å². The normalized spacial score (nSPS) is 15.8. The second-order valence-electron chi connectivity index (χ2n) is 5.11. The molecule has 1 aromatic heterocycles. The largest absolute Gasteiger partial charge is 0.370 e. The lowest BCUT2D eigenvalue weighted by molar-refractivity contribution is 0.382. The Morgan fingerprint density at radius 3 is 2.81 bits per heavy atom. The smallest absolute Gasteiger partial charge is 0.189 e. The van der Waals surface area contributed by atoms with Crippen molar-refractivity contribution >= 4 is 28.9 Å². The Bertz CT molecular complexity index is 631. The van der Waals surface area contributed by atoms with Crippen LogP contribution in [-0.2, 0) is 6.54 Å². The van der Waals surface area contributed by atoms with Gasteiger partial charge in [0.15, 0.2) is 5.96 Å². The van der Waals surface area contributed by atoms with Gasteiger partial charge in [-0.1, -0.05) is 23.7 Å². The number of nitrogens with one attached hydrogen (secondary N) is 1. The number of hydrogen-bond donors (Lipinski definition) is 2. The molecular formula is C15H17ClN4S. The Labute approximate surface area is 133 Å². The van der Waals surface area contributed by atoms with Gasteiger partial charge in [-0.2, -0.15) is 0 Å². The highest BCUT2D eigenvalue weighted by molar-refractivity contribution is 7.15. The van der Waals surface area contributed by atoms with Crippen LogP contribution in [0, 0.1) is 0 Å². The van der Waals surface area contributed by atoms with E-state index in [9.17, 15) is 0 Å². The van der Waals surface area contributed by atoms with Crippen molar-refractivity contribution in [2.45, 2.75) is 31.8 Å². The first-order chi connectivity index (χ1) is 10.2. The second-order valence-corrected chi connectivity index (χ2v) is 6.66. The average molecular weight is 321 g/mol. The summed E-state index contributed by atoms with van der Waals surface area (Å²) in [5, 5.41) is 4.93. The standard InChI is InChI=1S/C15H17ClN4S/c16-11-6-4-10(5-7-11)14-18-8-13(21-14)9-19-15(17)20-12-2-1-3-12/h4-8,12H,1-3,9H2,(H3,17,19,20). The van der Waals surface area contributed by atoms with Gasteiger partial charge in [-0.25, -0.2) is 9.98 Å². The molecule has 0 aliphatic heterocycles. The molecule has 0 saturated heterocycles. The summed E-state index contributed by atoms with van der Waals surface area (Å²) in [5.74, 6) is 0.529. The molecule has 2 aromatic rings. The van der Waals surface area contributed by atoms with Crippen LogP contribution in [0.25, 0.3) is 10.6 Å². The number of benzene rings is 1. The van der Waals surface area contributed by atoms with Crippen LogP contribution >= 0.6 is 22.9 Å². The highest BCUT2D eigenvalue weighted by Crippen LogP contribution is 2.26. The summed E-state index contributed by atoms with van der Waals surface area (Å²) in [6, 6.07) is 8.20. The monoisotopic (exact) mass is 320 g/mol. The maximum absolute atomic E-state index is 5.89. The van der Waals surface area contributed by atoms with Gasteiger partial charge in [0.2, 0.25) is 0 Å². The van der Waals surface area contributed by atoms with Crippen LogP contribution in [0.3, 0.4) is 0 Å². The SMILES string of the molecule is NC(=NCc1cnc(-c2ccc(Cl)cc2)s1)NC1CCC1. The highest BCUT2D eigenvalue weighted by atomic mass is 35.5.